The molecule has 116 valence electrons. The van der Waals surface area contributed by atoms with Gasteiger partial charge in [-0.15, -0.1) is 0 Å². The van der Waals surface area contributed by atoms with Gasteiger partial charge in [0.05, 0.1) is 0 Å². The van der Waals surface area contributed by atoms with E-state index in [2.05, 4.69) is 5.32 Å². The summed E-state index contributed by atoms with van der Waals surface area (Å²) in [5.74, 6) is 0.156. The molecular weight excluding hydrogens is 285 g/mol. The Morgan fingerprint density at radius 1 is 1.14 bits per heavy atom. The Labute approximate surface area is 128 Å². The molecule has 2 aromatic rings. The summed E-state index contributed by atoms with van der Waals surface area (Å²) in [6.45, 7) is 2.52. The molecule has 0 radical (unpaired) electrons. The molecule has 1 N–H and O–H groups in total. The Bertz CT molecular complexity index is 617. The van der Waals surface area contributed by atoms with Gasteiger partial charge in [-0.3, -0.25) is 0 Å². The molecule has 0 atom stereocenters. The molecule has 0 aromatic heterocycles. The number of carbonyl (C=O) groups excluding carboxylic acids is 1. The SMILES string of the molecule is CCCCNC(=O)Oc1ccc(Oc2ccccc2)cc1F. The highest BCUT2D eigenvalue weighted by Gasteiger charge is 2.10. The molecule has 0 fully saturated rings. The number of benzene rings is 2. The van der Waals surface area contributed by atoms with Crippen LogP contribution >= 0.6 is 0 Å². The van der Waals surface area contributed by atoms with Crippen molar-refractivity contribution in [2.45, 2.75) is 19.8 Å². The highest BCUT2D eigenvalue weighted by atomic mass is 19.1. The van der Waals surface area contributed by atoms with Crippen molar-refractivity contribution in [2.75, 3.05) is 6.54 Å². The first-order chi connectivity index (χ1) is 10.7. The van der Waals surface area contributed by atoms with E-state index in [0.29, 0.717) is 18.0 Å². The summed E-state index contributed by atoms with van der Waals surface area (Å²) in [4.78, 5) is 11.5. The van der Waals surface area contributed by atoms with Crippen molar-refractivity contribution in [1.82, 2.24) is 5.32 Å². The number of rotatable bonds is 6. The largest absolute Gasteiger partial charge is 0.457 e. The van der Waals surface area contributed by atoms with Gasteiger partial charge in [0, 0.05) is 12.6 Å². The van der Waals surface area contributed by atoms with Crippen molar-refractivity contribution in [3.63, 3.8) is 0 Å². The van der Waals surface area contributed by atoms with Gasteiger partial charge >= 0.3 is 6.09 Å². The number of halogens is 1. The molecule has 0 aliphatic carbocycles. The lowest BCUT2D eigenvalue weighted by Crippen LogP contribution is -2.27. The second-order valence-electron chi connectivity index (χ2n) is 4.68. The van der Waals surface area contributed by atoms with E-state index in [1.165, 1.54) is 12.1 Å². The Morgan fingerprint density at radius 2 is 1.91 bits per heavy atom. The quantitative estimate of drug-likeness (QED) is 0.799. The van der Waals surface area contributed by atoms with Crippen LogP contribution in [0.4, 0.5) is 9.18 Å². The van der Waals surface area contributed by atoms with Gasteiger partial charge in [0.2, 0.25) is 0 Å². The van der Waals surface area contributed by atoms with Crippen LogP contribution in [0, 0.1) is 5.82 Å². The van der Waals surface area contributed by atoms with Crippen molar-refractivity contribution in [3.8, 4) is 17.2 Å². The van der Waals surface area contributed by atoms with E-state index in [1.54, 1.807) is 18.2 Å². The Kier molecular flexibility index (Phi) is 5.77. The van der Waals surface area contributed by atoms with Gasteiger partial charge in [-0.05, 0) is 30.7 Å². The van der Waals surface area contributed by atoms with E-state index < -0.39 is 11.9 Å². The molecule has 1 amide bonds. The van der Waals surface area contributed by atoms with Crippen molar-refractivity contribution < 1.29 is 18.7 Å². The van der Waals surface area contributed by atoms with Gasteiger partial charge < -0.3 is 14.8 Å². The minimum absolute atomic E-state index is 0.130. The van der Waals surface area contributed by atoms with Crippen LogP contribution in [0.5, 0.6) is 17.2 Å². The number of hydrogen-bond donors (Lipinski definition) is 1. The molecule has 0 aliphatic heterocycles. The molecule has 0 aliphatic rings. The lowest BCUT2D eigenvalue weighted by molar-refractivity contribution is 0.198. The number of amides is 1. The van der Waals surface area contributed by atoms with Crippen molar-refractivity contribution in [1.29, 1.82) is 0 Å². The number of ether oxygens (including phenoxy) is 2. The van der Waals surface area contributed by atoms with Gasteiger partial charge in [-0.2, -0.15) is 0 Å². The van der Waals surface area contributed by atoms with Crippen LogP contribution in [0.15, 0.2) is 48.5 Å². The topological polar surface area (TPSA) is 47.6 Å². The monoisotopic (exact) mass is 303 g/mol. The molecule has 0 spiro atoms. The number of nitrogens with one attached hydrogen (secondary N) is 1. The average molecular weight is 303 g/mol. The summed E-state index contributed by atoms with van der Waals surface area (Å²) in [5.41, 5.74) is 0. The second-order valence-corrected chi connectivity index (χ2v) is 4.68. The number of para-hydroxylation sites is 1. The summed E-state index contributed by atoms with van der Waals surface area (Å²) in [5, 5.41) is 2.55. The summed E-state index contributed by atoms with van der Waals surface area (Å²) < 4.78 is 24.3. The van der Waals surface area contributed by atoms with E-state index >= 15 is 0 Å². The standard InChI is InChI=1S/C17H18FNO3/c1-2-3-11-19-17(20)22-16-10-9-14(12-15(16)18)21-13-7-5-4-6-8-13/h4-10,12H,2-3,11H2,1H3,(H,19,20). The van der Waals surface area contributed by atoms with E-state index in [9.17, 15) is 9.18 Å². The normalized spacial score (nSPS) is 10.1. The molecule has 5 heteroatoms. The molecule has 4 nitrogen and oxygen atoms in total. The minimum atomic E-state index is -0.663. The molecule has 2 aromatic carbocycles. The third-order valence-electron chi connectivity index (χ3n) is 2.88. The van der Waals surface area contributed by atoms with Crippen LogP contribution in [-0.4, -0.2) is 12.6 Å². The van der Waals surface area contributed by atoms with Gasteiger partial charge in [-0.1, -0.05) is 31.5 Å². The van der Waals surface area contributed by atoms with Gasteiger partial charge in [0.15, 0.2) is 11.6 Å². The molecule has 0 heterocycles. The molecule has 0 bridgehead atoms. The molecule has 0 saturated heterocycles. The Balaban J connectivity index is 1.96. The molecular formula is C17H18FNO3. The summed E-state index contributed by atoms with van der Waals surface area (Å²) >= 11 is 0. The predicted octanol–water partition coefficient (Wildman–Crippen LogP) is 4.51. The van der Waals surface area contributed by atoms with Crippen LogP contribution in [0.1, 0.15) is 19.8 Å². The fourth-order valence-corrected chi connectivity index (χ4v) is 1.76. The zero-order valence-electron chi connectivity index (χ0n) is 12.3. The van der Waals surface area contributed by atoms with Crippen molar-refractivity contribution in [2.24, 2.45) is 0 Å². The van der Waals surface area contributed by atoms with Gasteiger partial charge in [0.25, 0.3) is 0 Å². The van der Waals surface area contributed by atoms with E-state index in [4.69, 9.17) is 9.47 Å². The lowest BCUT2D eigenvalue weighted by atomic mass is 10.3. The first-order valence-electron chi connectivity index (χ1n) is 7.17. The highest BCUT2D eigenvalue weighted by molar-refractivity contribution is 5.70. The number of carbonyl (C=O) groups is 1. The zero-order chi connectivity index (χ0) is 15.8. The highest BCUT2D eigenvalue weighted by Crippen LogP contribution is 2.26. The fourth-order valence-electron chi connectivity index (χ4n) is 1.76. The van der Waals surface area contributed by atoms with Crippen LogP contribution < -0.4 is 14.8 Å². The Hall–Kier alpha value is -2.56. The van der Waals surface area contributed by atoms with Gasteiger partial charge in [0.1, 0.15) is 11.5 Å². The lowest BCUT2D eigenvalue weighted by Gasteiger charge is -2.09. The molecule has 22 heavy (non-hydrogen) atoms. The first-order valence-corrected chi connectivity index (χ1v) is 7.17. The number of hydrogen-bond acceptors (Lipinski definition) is 3. The molecule has 2 rings (SSSR count). The predicted molar refractivity (Wildman–Crippen MR) is 81.9 cm³/mol. The smallest absolute Gasteiger partial charge is 0.412 e. The fraction of sp³-hybridized carbons (Fsp3) is 0.235. The summed E-state index contributed by atoms with van der Waals surface area (Å²) in [6.07, 6.45) is 1.14. The van der Waals surface area contributed by atoms with Crippen LogP contribution in [0.25, 0.3) is 0 Å². The van der Waals surface area contributed by atoms with Crippen LogP contribution in [0.3, 0.4) is 0 Å². The number of unbranched alkanes of at least 4 members (excludes halogenated alkanes) is 1. The average Bonchev–Trinajstić information content (AvgIpc) is 2.51. The van der Waals surface area contributed by atoms with E-state index in [1.807, 2.05) is 25.1 Å². The summed E-state index contributed by atoms with van der Waals surface area (Å²) in [7, 11) is 0. The van der Waals surface area contributed by atoms with Crippen molar-refractivity contribution in [3.05, 3.63) is 54.3 Å². The minimum Gasteiger partial charge on any atom is -0.457 e. The maximum absolute atomic E-state index is 13.9. The van der Waals surface area contributed by atoms with Gasteiger partial charge in [-0.25, -0.2) is 9.18 Å². The maximum atomic E-state index is 13.9. The van der Waals surface area contributed by atoms with E-state index in [0.717, 1.165) is 12.8 Å². The second kappa shape index (κ2) is 8.02. The molecule has 0 saturated carbocycles. The third kappa shape index (κ3) is 4.77. The van der Waals surface area contributed by atoms with Crippen LogP contribution in [0.2, 0.25) is 0 Å². The first kappa shape index (κ1) is 15.8. The third-order valence-corrected chi connectivity index (χ3v) is 2.88. The van der Waals surface area contributed by atoms with Crippen molar-refractivity contribution >= 4 is 6.09 Å². The summed E-state index contributed by atoms with van der Waals surface area (Å²) in [6, 6.07) is 13.1. The maximum Gasteiger partial charge on any atom is 0.412 e. The van der Waals surface area contributed by atoms with Crippen LogP contribution in [-0.2, 0) is 0 Å². The Morgan fingerprint density at radius 3 is 2.59 bits per heavy atom. The molecule has 0 unspecified atom stereocenters. The zero-order valence-corrected chi connectivity index (χ0v) is 12.3. The van der Waals surface area contributed by atoms with E-state index in [-0.39, 0.29) is 5.75 Å².